The molecule has 0 saturated heterocycles. The number of nitrogens with two attached hydrogens (primary N) is 1. The molecule has 128 valence electrons. The van der Waals surface area contributed by atoms with E-state index in [2.05, 4.69) is 11.0 Å². The topological polar surface area (TPSA) is 49.6 Å². The molecule has 1 aromatic rings. The van der Waals surface area contributed by atoms with Gasteiger partial charge in [-0.2, -0.15) is 0 Å². The Hall–Kier alpha value is -1.55. The number of hydrogen-bond acceptors (Lipinski definition) is 3. The van der Waals surface area contributed by atoms with E-state index in [1.54, 1.807) is 0 Å². The van der Waals surface area contributed by atoms with E-state index in [4.69, 9.17) is 5.84 Å². The van der Waals surface area contributed by atoms with Gasteiger partial charge < -0.3 is 9.91 Å². The van der Waals surface area contributed by atoms with Crippen LogP contribution in [0.25, 0.3) is 0 Å². The highest BCUT2D eigenvalue weighted by molar-refractivity contribution is 6.00. The number of anilines is 2. The second kappa shape index (κ2) is 5.22. The number of rotatable bonds is 1. The van der Waals surface area contributed by atoms with E-state index in [1.807, 2.05) is 23.2 Å². The zero-order chi connectivity index (χ0) is 16.3. The van der Waals surface area contributed by atoms with Crippen molar-refractivity contribution in [2.24, 2.45) is 29.0 Å². The Morgan fingerprint density at radius 2 is 1.54 bits per heavy atom. The number of fused-ring (bicyclic) bond motifs is 1. The van der Waals surface area contributed by atoms with Gasteiger partial charge in [0.25, 0.3) is 0 Å². The number of carbonyl (C=O) groups is 1. The lowest BCUT2D eigenvalue weighted by Crippen LogP contribution is -2.54. The molecule has 0 unspecified atom stereocenters. The van der Waals surface area contributed by atoms with Gasteiger partial charge in [-0.1, -0.05) is 12.1 Å². The summed E-state index contributed by atoms with van der Waals surface area (Å²) in [7, 11) is 0. The summed E-state index contributed by atoms with van der Waals surface area (Å²) in [5.74, 6) is 9.00. The molecule has 0 radical (unpaired) electrons. The van der Waals surface area contributed by atoms with Crippen LogP contribution in [0.1, 0.15) is 44.9 Å². The van der Waals surface area contributed by atoms with Gasteiger partial charge in [-0.05, 0) is 74.8 Å². The third-order valence-electron chi connectivity index (χ3n) is 7.00. The second-order valence-electron chi connectivity index (χ2n) is 8.69. The smallest absolute Gasteiger partial charge is 0.233 e. The van der Waals surface area contributed by atoms with E-state index in [0.717, 1.165) is 67.9 Å². The molecule has 4 nitrogen and oxygen atoms in total. The zero-order valence-corrected chi connectivity index (χ0v) is 14.3. The Morgan fingerprint density at radius 1 is 0.958 bits per heavy atom. The summed E-state index contributed by atoms with van der Waals surface area (Å²) in [5.41, 5.74) is 1.93. The van der Waals surface area contributed by atoms with Crippen molar-refractivity contribution in [1.29, 1.82) is 0 Å². The van der Waals surface area contributed by atoms with Crippen molar-refractivity contribution in [3.05, 3.63) is 24.3 Å². The van der Waals surface area contributed by atoms with Crippen molar-refractivity contribution >= 4 is 17.3 Å². The summed E-state index contributed by atoms with van der Waals surface area (Å²) in [6, 6.07) is 8.15. The summed E-state index contributed by atoms with van der Waals surface area (Å²) in [4.78, 5) is 15.8. The van der Waals surface area contributed by atoms with E-state index >= 15 is 0 Å². The first-order chi connectivity index (χ1) is 11.6. The van der Waals surface area contributed by atoms with Gasteiger partial charge in [0.05, 0.1) is 16.8 Å². The Morgan fingerprint density at radius 3 is 2.17 bits per heavy atom. The van der Waals surface area contributed by atoms with Crippen molar-refractivity contribution < 1.29 is 4.79 Å². The van der Waals surface area contributed by atoms with Gasteiger partial charge in [-0.3, -0.25) is 4.79 Å². The number of amides is 1. The van der Waals surface area contributed by atoms with Crippen LogP contribution < -0.4 is 15.8 Å². The van der Waals surface area contributed by atoms with Crippen LogP contribution in [0.2, 0.25) is 0 Å². The van der Waals surface area contributed by atoms with Gasteiger partial charge >= 0.3 is 0 Å². The fraction of sp³-hybridized carbons (Fsp3) is 0.650. The first kappa shape index (κ1) is 14.8. The summed E-state index contributed by atoms with van der Waals surface area (Å²) in [6.07, 6.45) is 8.44. The first-order valence-electron chi connectivity index (χ1n) is 9.58. The minimum Gasteiger partial charge on any atom is -0.310 e. The van der Waals surface area contributed by atoms with E-state index in [1.165, 1.54) is 19.3 Å². The van der Waals surface area contributed by atoms with E-state index < -0.39 is 0 Å². The van der Waals surface area contributed by atoms with E-state index in [-0.39, 0.29) is 5.41 Å². The van der Waals surface area contributed by atoms with Gasteiger partial charge in [0.1, 0.15) is 0 Å². The predicted molar refractivity (Wildman–Crippen MR) is 95.6 cm³/mol. The van der Waals surface area contributed by atoms with Crippen LogP contribution in [0.3, 0.4) is 0 Å². The molecule has 1 heterocycles. The molecule has 2 N–H and O–H groups in total. The Bertz CT molecular complexity index is 635. The van der Waals surface area contributed by atoms with Crippen molar-refractivity contribution in [1.82, 2.24) is 0 Å². The monoisotopic (exact) mass is 325 g/mol. The second-order valence-corrected chi connectivity index (χ2v) is 8.69. The lowest BCUT2D eigenvalue weighted by atomic mass is 9.49. The molecule has 4 aliphatic carbocycles. The molecule has 1 aromatic carbocycles. The molecule has 4 heteroatoms. The molecule has 0 aromatic heterocycles. The highest BCUT2D eigenvalue weighted by Gasteiger charge is 2.55. The molecule has 5 aliphatic rings. The highest BCUT2D eigenvalue weighted by atomic mass is 16.2. The van der Waals surface area contributed by atoms with Crippen molar-refractivity contribution in [3.8, 4) is 0 Å². The van der Waals surface area contributed by atoms with Crippen LogP contribution >= 0.6 is 0 Å². The number of nitrogens with zero attached hydrogens (tertiary/aromatic N) is 2. The standard InChI is InChI=1S/C20H27N3O/c21-23-7-3-6-22(17-4-1-2-5-18(17)23)19(24)20-11-14-8-15(12-20)10-16(9-14)13-20/h1-2,4-5,14-16H,3,6-13,21H2. The molecule has 24 heavy (non-hydrogen) atoms. The molecule has 4 saturated carbocycles. The number of carbonyl (C=O) groups excluding carboxylic acids is 1. The maximum absolute atomic E-state index is 13.7. The number of para-hydroxylation sites is 2. The first-order valence-corrected chi connectivity index (χ1v) is 9.58. The maximum Gasteiger partial charge on any atom is 0.233 e. The zero-order valence-electron chi connectivity index (χ0n) is 14.3. The lowest BCUT2D eigenvalue weighted by molar-refractivity contribution is -0.143. The number of hydrazine groups is 1. The SMILES string of the molecule is NN1CCCN(C(=O)C23CC4CC(CC(C4)C2)C3)c2ccccc21. The molecule has 4 bridgehead atoms. The average Bonchev–Trinajstić information content (AvgIpc) is 2.73. The van der Waals surface area contributed by atoms with Gasteiger partial charge in [-0.25, -0.2) is 5.84 Å². The van der Waals surface area contributed by atoms with E-state index in [9.17, 15) is 4.79 Å². The third kappa shape index (κ3) is 2.12. The van der Waals surface area contributed by atoms with Crippen LogP contribution in [0, 0.1) is 23.2 Å². The third-order valence-corrected chi connectivity index (χ3v) is 7.00. The molecular weight excluding hydrogens is 298 g/mol. The fourth-order valence-electron chi connectivity index (χ4n) is 6.45. The molecule has 0 atom stereocenters. The maximum atomic E-state index is 13.7. The summed E-state index contributed by atoms with van der Waals surface area (Å²) in [6.45, 7) is 1.60. The normalized spacial score (nSPS) is 37.3. The van der Waals surface area contributed by atoms with Crippen LogP contribution in [-0.2, 0) is 4.79 Å². The average molecular weight is 325 g/mol. The van der Waals surface area contributed by atoms with Gasteiger partial charge in [0.2, 0.25) is 5.91 Å². The van der Waals surface area contributed by atoms with Crippen molar-refractivity contribution in [3.63, 3.8) is 0 Å². The Labute approximate surface area is 144 Å². The Kier molecular flexibility index (Phi) is 3.21. The van der Waals surface area contributed by atoms with Gasteiger partial charge in [-0.15, -0.1) is 0 Å². The minimum absolute atomic E-state index is 0.0777. The lowest BCUT2D eigenvalue weighted by Gasteiger charge is -2.56. The van der Waals surface area contributed by atoms with Crippen molar-refractivity contribution in [2.45, 2.75) is 44.9 Å². The molecule has 1 aliphatic heterocycles. The van der Waals surface area contributed by atoms with Crippen molar-refractivity contribution in [2.75, 3.05) is 23.0 Å². The van der Waals surface area contributed by atoms with Crippen LogP contribution in [0.5, 0.6) is 0 Å². The molecule has 1 amide bonds. The molecular formula is C20H27N3O. The largest absolute Gasteiger partial charge is 0.310 e. The molecule has 6 rings (SSSR count). The summed E-state index contributed by atoms with van der Waals surface area (Å²) in [5, 5.41) is 1.81. The highest BCUT2D eigenvalue weighted by Crippen LogP contribution is 2.60. The number of benzene rings is 1. The Balaban J connectivity index is 1.52. The van der Waals surface area contributed by atoms with E-state index in [0.29, 0.717) is 5.91 Å². The van der Waals surface area contributed by atoms with Crippen LogP contribution in [0.4, 0.5) is 11.4 Å². The summed E-state index contributed by atoms with van der Waals surface area (Å²) < 4.78 is 0. The molecule has 0 spiro atoms. The fourth-order valence-corrected chi connectivity index (χ4v) is 6.45. The number of hydrogen-bond donors (Lipinski definition) is 1. The van der Waals surface area contributed by atoms with Crippen LogP contribution in [-0.4, -0.2) is 19.0 Å². The van der Waals surface area contributed by atoms with Crippen LogP contribution in [0.15, 0.2) is 24.3 Å². The minimum atomic E-state index is -0.0777. The van der Waals surface area contributed by atoms with Gasteiger partial charge in [0.15, 0.2) is 0 Å². The molecule has 4 fully saturated rings. The van der Waals surface area contributed by atoms with Gasteiger partial charge in [0, 0.05) is 13.1 Å². The quantitative estimate of drug-likeness (QED) is 0.806. The summed E-state index contributed by atoms with van der Waals surface area (Å²) >= 11 is 0. The predicted octanol–water partition coefficient (Wildman–Crippen LogP) is 3.32.